The van der Waals surface area contributed by atoms with Gasteiger partial charge in [0.15, 0.2) is 11.4 Å². The third kappa shape index (κ3) is 3.45. The molecule has 0 bridgehead atoms. The number of aliphatic hydroxyl groups excluding tert-OH is 2. The standard InChI is InChI=1S/C30H38O7/c1-17(28(34)15-26(5)19(3)23(31)9-7-21(26)11-25(28)33)13-36-30-12-22-8-10-24(32)20(4)27(22,6)16-29(30,35)18(2)14-37-30/h7-12,19-20,23-24,31-32,34-35H,1-2,13-16H2,3-6H3. The molecule has 0 aromatic rings. The third-order valence-corrected chi connectivity index (χ3v) is 10.3. The molecule has 9 unspecified atom stereocenters. The second-order valence-electron chi connectivity index (χ2n) is 12.2. The maximum absolute atomic E-state index is 13.2. The highest BCUT2D eigenvalue weighted by Gasteiger charge is 2.65. The highest BCUT2D eigenvalue weighted by atomic mass is 16.7. The first-order valence-corrected chi connectivity index (χ1v) is 12.9. The molecule has 0 radical (unpaired) electrons. The molecule has 1 fully saturated rings. The molecule has 7 nitrogen and oxygen atoms in total. The summed E-state index contributed by atoms with van der Waals surface area (Å²) in [6.45, 7) is 15.7. The molecule has 5 aliphatic rings. The fourth-order valence-electron chi connectivity index (χ4n) is 6.87. The SMILES string of the molecule is C=C(COC12C=C3C=CC(O)C(C)C3(C)CC1(O)C(=C)CO2)C1(O)CC2(C)C(=CC1=O)C=CC(O)C2C. The Labute approximate surface area is 218 Å². The zero-order valence-electron chi connectivity index (χ0n) is 22.0. The lowest BCUT2D eigenvalue weighted by Gasteiger charge is -2.53. The molecule has 0 aromatic carbocycles. The maximum Gasteiger partial charge on any atom is 0.222 e. The monoisotopic (exact) mass is 510 g/mol. The average molecular weight is 511 g/mol. The van der Waals surface area contributed by atoms with E-state index in [-0.39, 0.29) is 43.5 Å². The topological polar surface area (TPSA) is 116 Å². The van der Waals surface area contributed by atoms with Crippen LogP contribution in [-0.4, -0.2) is 68.6 Å². The van der Waals surface area contributed by atoms with Crippen LogP contribution in [0.15, 0.2) is 71.9 Å². The van der Waals surface area contributed by atoms with Gasteiger partial charge < -0.3 is 29.9 Å². The van der Waals surface area contributed by atoms with E-state index in [1.165, 1.54) is 6.08 Å². The van der Waals surface area contributed by atoms with E-state index in [0.29, 0.717) is 5.57 Å². The van der Waals surface area contributed by atoms with Gasteiger partial charge in [0.25, 0.3) is 0 Å². The van der Waals surface area contributed by atoms with Crippen LogP contribution >= 0.6 is 0 Å². The highest BCUT2D eigenvalue weighted by molar-refractivity contribution is 6.01. The summed E-state index contributed by atoms with van der Waals surface area (Å²) in [7, 11) is 0. The second kappa shape index (κ2) is 8.18. The molecule has 0 aromatic heterocycles. The van der Waals surface area contributed by atoms with Crippen molar-refractivity contribution < 1.29 is 34.7 Å². The van der Waals surface area contributed by atoms with Crippen LogP contribution in [0.2, 0.25) is 0 Å². The largest absolute Gasteiger partial charge is 0.389 e. The van der Waals surface area contributed by atoms with Crippen LogP contribution in [-0.2, 0) is 14.3 Å². The minimum absolute atomic E-state index is 0.0531. The minimum Gasteiger partial charge on any atom is -0.389 e. The van der Waals surface area contributed by atoms with Crippen LogP contribution in [0.25, 0.3) is 0 Å². The van der Waals surface area contributed by atoms with Gasteiger partial charge in [-0.05, 0) is 59.1 Å². The number of allylic oxidation sites excluding steroid dienone is 4. The van der Waals surface area contributed by atoms with Crippen LogP contribution in [0.4, 0.5) is 0 Å². The molecule has 0 spiro atoms. The molecule has 1 heterocycles. The number of hydrogen-bond donors (Lipinski definition) is 4. The van der Waals surface area contributed by atoms with Gasteiger partial charge in [0.05, 0.1) is 25.4 Å². The van der Waals surface area contributed by atoms with Crippen LogP contribution in [0.5, 0.6) is 0 Å². The number of fused-ring (bicyclic) bond motifs is 3. The van der Waals surface area contributed by atoms with E-state index in [1.54, 1.807) is 24.3 Å². The summed E-state index contributed by atoms with van der Waals surface area (Å²) < 4.78 is 12.3. The molecule has 5 rings (SSSR count). The van der Waals surface area contributed by atoms with E-state index in [2.05, 4.69) is 13.2 Å². The van der Waals surface area contributed by atoms with Crippen molar-refractivity contribution in [3.63, 3.8) is 0 Å². The van der Waals surface area contributed by atoms with Gasteiger partial charge in [-0.25, -0.2) is 0 Å². The summed E-state index contributed by atoms with van der Waals surface area (Å²) in [5.74, 6) is -2.44. The van der Waals surface area contributed by atoms with Crippen LogP contribution < -0.4 is 0 Å². The van der Waals surface area contributed by atoms with Gasteiger partial charge in [0.1, 0.15) is 5.60 Å². The minimum atomic E-state index is -1.90. The summed E-state index contributed by atoms with van der Waals surface area (Å²) in [4.78, 5) is 13.2. The molecule has 1 saturated heterocycles. The Kier molecular flexibility index (Phi) is 5.86. The Morgan fingerprint density at radius 2 is 1.62 bits per heavy atom. The fraction of sp³-hybridized carbons (Fsp3) is 0.567. The van der Waals surface area contributed by atoms with Crippen molar-refractivity contribution in [2.75, 3.05) is 13.2 Å². The van der Waals surface area contributed by atoms with Crippen LogP contribution in [0.3, 0.4) is 0 Å². The van der Waals surface area contributed by atoms with Crippen LogP contribution in [0, 0.1) is 22.7 Å². The summed E-state index contributed by atoms with van der Waals surface area (Å²) >= 11 is 0. The predicted octanol–water partition coefficient (Wildman–Crippen LogP) is 2.68. The molecular formula is C30H38O7. The number of ketones is 1. The Bertz CT molecular complexity index is 1190. The lowest BCUT2D eigenvalue weighted by atomic mass is 9.56. The van der Waals surface area contributed by atoms with E-state index in [0.717, 1.165) is 11.1 Å². The highest BCUT2D eigenvalue weighted by Crippen LogP contribution is 2.59. The van der Waals surface area contributed by atoms with Gasteiger partial charge in [-0.3, -0.25) is 4.79 Å². The van der Waals surface area contributed by atoms with Gasteiger partial charge in [-0.1, -0.05) is 65.2 Å². The Hall–Kier alpha value is -2.13. The average Bonchev–Trinajstić information content (AvgIpc) is 3.08. The lowest BCUT2D eigenvalue weighted by Crippen LogP contribution is -2.60. The van der Waals surface area contributed by atoms with E-state index >= 15 is 0 Å². The van der Waals surface area contributed by atoms with Crippen molar-refractivity contribution in [1.82, 2.24) is 0 Å². The number of ether oxygens (including phenoxy) is 2. The first kappa shape index (κ1) is 26.5. The van der Waals surface area contributed by atoms with Gasteiger partial charge in [0.2, 0.25) is 5.79 Å². The molecule has 37 heavy (non-hydrogen) atoms. The predicted molar refractivity (Wildman–Crippen MR) is 138 cm³/mol. The molecule has 0 amide bonds. The van der Waals surface area contributed by atoms with Crippen molar-refractivity contribution in [2.45, 2.75) is 69.7 Å². The fourth-order valence-corrected chi connectivity index (χ4v) is 6.87. The Morgan fingerprint density at radius 3 is 2.24 bits per heavy atom. The number of hydrogen-bond acceptors (Lipinski definition) is 7. The second-order valence-corrected chi connectivity index (χ2v) is 12.2. The molecular weight excluding hydrogens is 472 g/mol. The Morgan fingerprint density at radius 1 is 1.05 bits per heavy atom. The molecule has 1 aliphatic heterocycles. The quantitative estimate of drug-likeness (QED) is 0.430. The van der Waals surface area contributed by atoms with Gasteiger partial charge in [-0.15, -0.1) is 0 Å². The molecule has 4 aliphatic carbocycles. The van der Waals surface area contributed by atoms with E-state index in [1.807, 2.05) is 33.8 Å². The van der Waals surface area contributed by atoms with Crippen molar-refractivity contribution in [1.29, 1.82) is 0 Å². The van der Waals surface area contributed by atoms with Crippen molar-refractivity contribution >= 4 is 5.78 Å². The van der Waals surface area contributed by atoms with E-state index in [4.69, 9.17) is 9.47 Å². The van der Waals surface area contributed by atoms with E-state index < -0.39 is 45.8 Å². The van der Waals surface area contributed by atoms with Crippen molar-refractivity contribution in [3.8, 4) is 0 Å². The van der Waals surface area contributed by atoms with Gasteiger partial charge in [0, 0.05) is 10.8 Å². The van der Waals surface area contributed by atoms with Gasteiger partial charge in [-0.2, -0.15) is 0 Å². The number of rotatable bonds is 4. The number of aliphatic hydroxyl groups is 4. The molecule has 4 N–H and O–H groups in total. The smallest absolute Gasteiger partial charge is 0.222 e. The van der Waals surface area contributed by atoms with E-state index in [9.17, 15) is 25.2 Å². The van der Waals surface area contributed by atoms with Crippen LogP contribution in [0.1, 0.15) is 40.5 Å². The first-order chi connectivity index (χ1) is 17.1. The molecule has 9 atom stereocenters. The Balaban J connectivity index is 1.46. The zero-order valence-corrected chi connectivity index (χ0v) is 22.0. The lowest BCUT2D eigenvalue weighted by molar-refractivity contribution is -0.259. The summed E-state index contributed by atoms with van der Waals surface area (Å²) in [6, 6.07) is 0. The summed E-state index contributed by atoms with van der Waals surface area (Å²) in [5, 5.41) is 44.5. The van der Waals surface area contributed by atoms with Crippen molar-refractivity contribution in [3.05, 3.63) is 71.9 Å². The number of carbonyl (C=O) groups is 1. The molecule has 7 heteroatoms. The number of carbonyl (C=O) groups excluding carboxylic acids is 1. The zero-order chi connectivity index (χ0) is 27.2. The first-order valence-electron chi connectivity index (χ1n) is 12.9. The summed E-state index contributed by atoms with van der Waals surface area (Å²) in [6.07, 6.45) is 9.11. The van der Waals surface area contributed by atoms with Crippen molar-refractivity contribution in [2.24, 2.45) is 22.7 Å². The normalized spacial score (nSPS) is 48.6. The van der Waals surface area contributed by atoms with Gasteiger partial charge >= 0.3 is 0 Å². The summed E-state index contributed by atoms with van der Waals surface area (Å²) in [5.41, 5.74) is -2.39. The molecule has 0 saturated carbocycles. The maximum atomic E-state index is 13.2. The third-order valence-electron chi connectivity index (χ3n) is 10.3. The molecule has 200 valence electrons.